The number of fused-ring (bicyclic) bond motifs is 5. The van der Waals surface area contributed by atoms with E-state index in [0.29, 0.717) is 35.8 Å². The summed E-state index contributed by atoms with van der Waals surface area (Å²) in [5.41, 5.74) is 8.38. The van der Waals surface area contributed by atoms with Gasteiger partial charge in [-0.1, -0.05) is 13.8 Å². The van der Waals surface area contributed by atoms with Gasteiger partial charge in [-0.25, -0.2) is 0 Å². The minimum atomic E-state index is 0.100. The molecule has 0 aromatic heterocycles. The first-order valence-electron chi connectivity index (χ1n) is 11.6. The number of ketones is 1. The molecule has 3 saturated carbocycles. The third-order valence-corrected chi connectivity index (χ3v) is 9.54. The molecule has 4 aliphatic rings. The van der Waals surface area contributed by atoms with Crippen LogP contribution in [-0.4, -0.2) is 29.7 Å². The summed E-state index contributed by atoms with van der Waals surface area (Å²) in [6, 6.07) is 0. The van der Waals surface area contributed by atoms with Crippen LogP contribution in [0.15, 0.2) is 11.3 Å². The molecule has 156 valence electrons. The first kappa shape index (κ1) is 20.0. The topological polar surface area (TPSA) is 63.4 Å². The van der Waals surface area contributed by atoms with E-state index >= 15 is 0 Å². The molecule has 4 aliphatic carbocycles. The van der Waals surface area contributed by atoms with E-state index in [-0.39, 0.29) is 22.5 Å². The molecule has 4 heteroatoms. The van der Waals surface area contributed by atoms with Crippen molar-refractivity contribution in [1.82, 2.24) is 4.90 Å². The highest BCUT2D eigenvalue weighted by molar-refractivity contribution is 5.96. The Balaban J connectivity index is 1.62. The van der Waals surface area contributed by atoms with Crippen molar-refractivity contribution in [2.75, 3.05) is 13.1 Å². The Morgan fingerprint density at radius 3 is 2.43 bits per heavy atom. The van der Waals surface area contributed by atoms with Crippen molar-refractivity contribution in [2.45, 2.75) is 79.1 Å². The van der Waals surface area contributed by atoms with E-state index in [0.717, 1.165) is 45.2 Å². The van der Waals surface area contributed by atoms with Crippen LogP contribution in [0.25, 0.3) is 0 Å². The van der Waals surface area contributed by atoms with Gasteiger partial charge in [-0.2, -0.15) is 0 Å². The molecule has 2 N–H and O–H groups in total. The summed E-state index contributed by atoms with van der Waals surface area (Å²) in [4.78, 5) is 27.5. The number of rotatable bonds is 3. The smallest absolute Gasteiger partial charge is 0.226 e. The van der Waals surface area contributed by atoms with Gasteiger partial charge in [0.15, 0.2) is 5.78 Å². The van der Waals surface area contributed by atoms with Crippen molar-refractivity contribution >= 4 is 11.7 Å². The first-order chi connectivity index (χ1) is 13.3. The highest BCUT2D eigenvalue weighted by Gasteiger charge is 2.60. The SMILES string of the molecule is CCN(CC)C(=O)C1CC[C@H]2[C@@H]3CCC4=C(N)C(=O)CC[C@]4(C)[C@H]3CC[C@]12C. The number of Topliss-reactive ketones (excluding diaryl/α,β-unsaturated/α-hetero) is 1. The fraction of sp³-hybridized carbons (Fsp3) is 0.833. The largest absolute Gasteiger partial charge is 0.396 e. The third kappa shape index (κ3) is 2.62. The Hall–Kier alpha value is -1.32. The minimum absolute atomic E-state index is 0.100. The molecule has 0 saturated heterocycles. The Morgan fingerprint density at radius 1 is 1.04 bits per heavy atom. The Kier molecular flexibility index (Phi) is 4.91. The number of hydrogen-bond acceptors (Lipinski definition) is 3. The average molecular weight is 387 g/mol. The van der Waals surface area contributed by atoms with E-state index < -0.39 is 0 Å². The summed E-state index contributed by atoms with van der Waals surface area (Å²) in [6.07, 6.45) is 8.29. The van der Waals surface area contributed by atoms with Crippen molar-refractivity contribution in [3.05, 3.63) is 11.3 Å². The van der Waals surface area contributed by atoms with Crippen molar-refractivity contribution in [2.24, 2.45) is 40.2 Å². The summed E-state index contributed by atoms with van der Waals surface area (Å²) >= 11 is 0. The molecular formula is C24H38N2O2. The van der Waals surface area contributed by atoms with Gasteiger partial charge in [-0.15, -0.1) is 0 Å². The molecule has 0 spiro atoms. The zero-order valence-electron chi connectivity index (χ0n) is 18.2. The van der Waals surface area contributed by atoms with Gasteiger partial charge in [-0.05, 0) is 93.0 Å². The second-order valence-corrected chi connectivity index (χ2v) is 10.3. The Morgan fingerprint density at radius 2 is 1.75 bits per heavy atom. The highest BCUT2D eigenvalue weighted by Crippen LogP contribution is 2.67. The van der Waals surface area contributed by atoms with Gasteiger partial charge < -0.3 is 10.6 Å². The van der Waals surface area contributed by atoms with Crippen LogP contribution < -0.4 is 5.73 Å². The number of allylic oxidation sites excluding steroid dienone is 1. The number of carbonyl (C=O) groups is 2. The van der Waals surface area contributed by atoms with Gasteiger partial charge in [0.2, 0.25) is 5.91 Å². The maximum Gasteiger partial charge on any atom is 0.226 e. The molecule has 4 rings (SSSR count). The van der Waals surface area contributed by atoms with Crippen molar-refractivity contribution in [3.63, 3.8) is 0 Å². The lowest BCUT2D eigenvalue weighted by Gasteiger charge is -2.58. The maximum atomic E-state index is 13.3. The minimum Gasteiger partial charge on any atom is -0.396 e. The van der Waals surface area contributed by atoms with E-state index in [9.17, 15) is 9.59 Å². The Labute approximate surface area is 170 Å². The number of carbonyl (C=O) groups excluding carboxylic acids is 2. The van der Waals surface area contributed by atoms with E-state index in [1.165, 1.54) is 18.4 Å². The van der Waals surface area contributed by atoms with Gasteiger partial charge >= 0.3 is 0 Å². The van der Waals surface area contributed by atoms with Gasteiger partial charge in [0.25, 0.3) is 0 Å². The molecule has 1 unspecified atom stereocenters. The molecule has 6 atom stereocenters. The Bertz CT molecular complexity index is 709. The second-order valence-electron chi connectivity index (χ2n) is 10.3. The van der Waals surface area contributed by atoms with E-state index in [4.69, 9.17) is 5.73 Å². The summed E-state index contributed by atoms with van der Waals surface area (Å²) in [7, 11) is 0. The number of nitrogens with two attached hydrogens (primary N) is 1. The predicted molar refractivity (Wildman–Crippen MR) is 111 cm³/mol. The lowest BCUT2D eigenvalue weighted by atomic mass is 9.46. The number of amides is 1. The number of nitrogens with zero attached hydrogens (tertiary/aromatic N) is 1. The molecule has 0 aromatic carbocycles. The first-order valence-corrected chi connectivity index (χ1v) is 11.6. The highest BCUT2D eigenvalue weighted by atomic mass is 16.2. The van der Waals surface area contributed by atoms with Crippen LogP contribution in [0.1, 0.15) is 79.1 Å². The molecule has 28 heavy (non-hydrogen) atoms. The predicted octanol–water partition coefficient (Wildman–Crippen LogP) is 4.29. The maximum absolute atomic E-state index is 13.3. The standard InChI is InChI=1S/C24H38N2O2/c1-5-26(6-2)22(28)19-10-9-16-15-7-8-18-21(25)20(27)12-14-23(18,3)17(15)11-13-24(16,19)4/h15-17,19H,5-14,25H2,1-4H3/t15-,16-,17-,19?,23+,24-/m0/s1. The molecule has 1 amide bonds. The molecule has 0 radical (unpaired) electrons. The number of hydrogen-bond donors (Lipinski definition) is 1. The van der Waals surface area contributed by atoms with Crippen LogP contribution in [0.3, 0.4) is 0 Å². The van der Waals surface area contributed by atoms with Crippen LogP contribution in [-0.2, 0) is 9.59 Å². The molecule has 3 fully saturated rings. The van der Waals surface area contributed by atoms with E-state index in [1.807, 2.05) is 4.90 Å². The van der Waals surface area contributed by atoms with Gasteiger partial charge in [0, 0.05) is 25.4 Å². The molecular weight excluding hydrogens is 348 g/mol. The van der Waals surface area contributed by atoms with Crippen LogP contribution >= 0.6 is 0 Å². The zero-order valence-corrected chi connectivity index (χ0v) is 18.2. The lowest BCUT2D eigenvalue weighted by Crippen LogP contribution is -2.53. The van der Waals surface area contributed by atoms with Gasteiger partial charge in [0.05, 0.1) is 5.70 Å². The molecule has 0 aromatic rings. The molecule has 0 bridgehead atoms. The van der Waals surface area contributed by atoms with Gasteiger partial charge in [0.1, 0.15) is 0 Å². The summed E-state index contributed by atoms with van der Waals surface area (Å²) in [5, 5.41) is 0. The quantitative estimate of drug-likeness (QED) is 0.787. The third-order valence-electron chi connectivity index (χ3n) is 9.54. The fourth-order valence-corrected chi connectivity index (χ4v) is 7.92. The molecule has 0 heterocycles. The average Bonchev–Trinajstić information content (AvgIpc) is 3.03. The molecule has 0 aliphatic heterocycles. The van der Waals surface area contributed by atoms with Gasteiger partial charge in [-0.3, -0.25) is 9.59 Å². The van der Waals surface area contributed by atoms with Crippen LogP contribution in [0.2, 0.25) is 0 Å². The van der Waals surface area contributed by atoms with Crippen molar-refractivity contribution in [3.8, 4) is 0 Å². The van der Waals surface area contributed by atoms with Crippen LogP contribution in [0.5, 0.6) is 0 Å². The summed E-state index contributed by atoms with van der Waals surface area (Å²) in [6.45, 7) is 10.6. The van der Waals surface area contributed by atoms with Crippen LogP contribution in [0, 0.1) is 34.5 Å². The van der Waals surface area contributed by atoms with Crippen LogP contribution in [0.4, 0.5) is 0 Å². The molecule has 4 nitrogen and oxygen atoms in total. The van der Waals surface area contributed by atoms with Crippen molar-refractivity contribution < 1.29 is 9.59 Å². The van der Waals surface area contributed by atoms with E-state index in [2.05, 4.69) is 27.7 Å². The second kappa shape index (κ2) is 6.88. The monoisotopic (exact) mass is 386 g/mol. The lowest BCUT2D eigenvalue weighted by molar-refractivity contribution is -0.142. The van der Waals surface area contributed by atoms with Crippen molar-refractivity contribution in [1.29, 1.82) is 0 Å². The normalized spacial score (nSPS) is 42.6. The van der Waals surface area contributed by atoms with E-state index in [1.54, 1.807) is 0 Å². The summed E-state index contributed by atoms with van der Waals surface area (Å²) in [5.74, 6) is 2.71. The zero-order chi connectivity index (χ0) is 20.3. The fourth-order valence-electron chi connectivity index (χ4n) is 7.92. The summed E-state index contributed by atoms with van der Waals surface area (Å²) < 4.78 is 0.